The van der Waals surface area contributed by atoms with Gasteiger partial charge in [0.15, 0.2) is 11.5 Å². The third-order valence-electron chi connectivity index (χ3n) is 4.37. The highest BCUT2D eigenvalue weighted by atomic mass is 16.5. The fourth-order valence-electron chi connectivity index (χ4n) is 2.76. The van der Waals surface area contributed by atoms with Gasteiger partial charge >= 0.3 is 0 Å². The fraction of sp³-hybridized carbons (Fsp3) is 0.318. The number of methoxy groups -OCH3 is 3. The van der Waals surface area contributed by atoms with Crippen molar-refractivity contribution in [3.05, 3.63) is 48.4 Å². The van der Waals surface area contributed by atoms with Crippen molar-refractivity contribution in [3.63, 3.8) is 0 Å². The molecule has 0 aliphatic rings. The number of aromatic nitrogens is 2. The third kappa shape index (κ3) is 6.19. The zero-order valence-electron chi connectivity index (χ0n) is 17.7. The van der Waals surface area contributed by atoms with Gasteiger partial charge in [-0.1, -0.05) is 5.16 Å². The van der Waals surface area contributed by atoms with Crippen LogP contribution in [0.25, 0.3) is 11.4 Å². The van der Waals surface area contributed by atoms with Crippen LogP contribution in [0.15, 0.2) is 47.0 Å². The minimum atomic E-state index is -0.183. The Balaban J connectivity index is 1.55. The maximum Gasteiger partial charge on any atom is 0.227 e. The van der Waals surface area contributed by atoms with E-state index < -0.39 is 0 Å². The molecule has 3 rings (SSSR count). The summed E-state index contributed by atoms with van der Waals surface area (Å²) in [6.07, 6.45) is 0.512. The molecule has 0 spiro atoms. The van der Waals surface area contributed by atoms with Crippen LogP contribution in [-0.4, -0.2) is 50.6 Å². The number of nitrogens with one attached hydrogen (secondary N) is 1. The number of ether oxygens (including phenoxy) is 4. The van der Waals surface area contributed by atoms with Crippen LogP contribution in [0.2, 0.25) is 0 Å². The van der Waals surface area contributed by atoms with E-state index in [1.807, 2.05) is 24.3 Å². The Labute approximate surface area is 180 Å². The molecule has 0 fully saturated rings. The number of aryl methyl sites for hydroxylation is 1. The summed E-state index contributed by atoms with van der Waals surface area (Å²) in [5.41, 5.74) is 1.40. The van der Waals surface area contributed by atoms with Crippen molar-refractivity contribution in [2.24, 2.45) is 0 Å². The first-order valence-electron chi connectivity index (χ1n) is 9.69. The summed E-state index contributed by atoms with van der Waals surface area (Å²) in [6, 6.07) is 12.5. The van der Waals surface area contributed by atoms with Gasteiger partial charge in [0, 0.05) is 37.3 Å². The van der Waals surface area contributed by atoms with Crippen LogP contribution in [0.5, 0.6) is 17.2 Å². The van der Waals surface area contributed by atoms with Crippen molar-refractivity contribution >= 4 is 11.6 Å². The molecule has 31 heavy (non-hydrogen) atoms. The lowest BCUT2D eigenvalue weighted by atomic mass is 10.2. The van der Waals surface area contributed by atoms with Crippen LogP contribution >= 0.6 is 0 Å². The summed E-state index contributed by atoms with van der Waals surface area (Å²) in [5.74, 6) is 2.52. The monoisotopic (exact) mass is 427 g/mol. The minimum absolute atomic E-state index is 0.183. The van der Waals surface area contributed by atoms with Crippen molar-refractivity contribution in [3.8, 4) is 28.6 Å². The normalized spacial score (nSPS) is 10.5. The molecule has 9 heteroatoms. The number of carbonyl (C=O) groups is 1. The molecule has 0 atom stereocenters. The molecule has 0 bridgehead atoms. The van der Waals surface area contributed by atoms with E-state index in [0.717, 1.165) is 11.3 Å². The zero-order valence-corrected chi connectivity index (χ0v) is 17.7. The van der Waals surface area contributed by atoms with Crippen molar-refractivity contribution in [1.82, 2.24) is 10.1 Å². The van der Waals surface area contributed by atoms with Crippen LogP contribution in [0.3, 0.4) is 0 Å². The fourth-order valence-corrected chi connectivity index (χ4v) is 2.76. The Morgan fingerprint density at radius 2 is 1.81 bits per heavy atom. The number of nitrogens with zero attached hydrogens (tertiary/aromatic N) is 2. The number of benzene rings is 2. The predicted molar refractivity (Wildman–Crippen MR) is 114 cm³/mol. The Hall–Kier alpha value is -3.59. The summed E-state index contributed by atoms with van der Waals surface area (Å²) in [7, 11) is 4.76. The van der Waals surface area contributed by atoms with Gasteiger partial charge in [0.05, 0.1) is 20.8 Å². The molecular formula is C22H25N3O6. The second-order valence-corrected chi connectivity index (χ2v) is 6.50. The molecule has 0 saturated heterocycles. The molecule has 1 amide bonds. The van der Waals surface area contributed by atoms with Crippen LogP contribution in [0, 0.1) is 0 Å². The number of amides is 1. The van der Waals surface area contributed by atoms with E-state index in [-0.39, 0.29) is 12.3 Å². The van der Waals surface area contributed by atoms with E-state index in [1.165, 1.54) is 0 Å². The molecule has 0 unspecified atom stereocenters. The van der Waals surface area contributed by atoms with E-state index >= 15 is 0 Å². The molecule has 9 nitrogen and oxygen atoms in total. The van der Waals surface area contributed by atoms with Gasteiger partial charge in [-0.3, -0.25) is 4.79 Å². The molecule has 1 aromatic heterocycles. The minimum Gasteiger partial charge on any atom is -0.497 e. The van der Waals surface area contributed by atoms with Crippen LogP contribution < -0.4 is 19.5 Å². The summed E-state index contributed by atoms with van der Waals surface area (Å²) >= 11 is 0. The summed E-state index contributed by atoms with van der Waals surface area (Å²) < 4.78 is 26.3. The second kappa shape index (κ2) is 11.0. The molecular weight excluding hydrogens is 402 g/mol. The average Bonchev–Trinajstić information content (AvgIpc) is 3.27. The molecule has 3 aromatic rings. The molecule has 2 aromatic carbocycles. The molecule has 0 radical (unpaired) electrons. The van der Waals surface area contributed by atoms with Crippen LogP contribution in [-0.2, 0) is 16.0 Å². The summed E-state index contributed by atoms with van der Waals surface area (Å²) in [4.78, 5) is 16.7. The highest BCUT2D eigenvalue weighted by Crippen LogP contribution is 2.30. The van der Waals surface area contributed by atoms with Gasteiger partial charge < -0.3 is 28.8 Å². The van der Waals surface area contributed by atoms with Gasteiger partial charge in [0.1, 0.15) is 12.4 Å². The van der Waals surface area contributed by atoms with E-state index in [9.17, 15) is 4.79 Å². The Kier molecular flexibility index (Phi) is 7.83. The zero-order chi connectivity index (χ0) is 22.1. The van der Waals surface area contributed by atoms with Gasteiger partial charge in [-0.25, -0.2) is 0 Å². The number of hydrogen-bond acceptors (Lipinski definition) is 8. The third-order valence-corrected chi connectivity index (χ3v) is 4.37. The molecule has 1 heterocycles. The molecule has 0 aliphatic carbocycles. The first-order valence-corrected chi connectivity index (χ1v) is 9.69. The van der Waals surface area contributed by atoms with Crippen LogP contribution in [0.1, 0.15) is 12.3 Å². The van der Waals surface area contributed by atoms with Gasteiger partial charge in [-0.2, -0.15) is 4.98 Å². The van der Waals surface area contributed by atoms with Crippen molar-refractivity contribution in [1.29, 1.82) is 0 Å². The lowest BCUT2D eigenvalue weighted by molar-refractivity contribution is -0.116. The maximum atomic E-state index is 12.4. The Morgan fingerprint density at radius 1 is 1.00 bits per heavy atom. The standard InChI is InChI=1S/C22H25N3O6/c1-27-12-13-30-19-14-16(6-9-18(19)29-3)23-20(26)10-11-21-24-22(25-31-21)15-4-7-17(28-2)8-5-15/h4-9,14H,10-13H2,1-3H3,(H,23,26). The van der Waals surface area contributed by atoms with Gasteiger partial charge in [-0.15, -0.1) is 0 Å². The smallest absolute Gasteiger partial charge is 0.227 e. The maximum absolute atomic E-state index is 12.4. The average molecular weight is 427 g/mol. The lowest BCUT2D eigenvalue weighted by Crippen LogP contribution is -2.13. The SMILES string of the molecule is COCCOc1cc(NC(=O)CCc2nc(-c3ccc(OC)cc3)no2)ccc1OC. The number of rotatable bonds is 11. The molecule has 1 N–H and O–H groups in total. The predicted octanol–water partition coefficient (Wildman–Crippen LogP) is 3.35. The number of hydrogen-bond donors (Lipinski definition) is 1. The van der Waals surface area contributed by atoms with Gasteiger partial charge in [0.25, 0.3) is 0 Å². The first kappa shape index (κ1) is 22.1. The topological polar surface area (TPSA) is 105 Å². The first-order chi connectivity index (χ1) is 15.1. The van der Waals surface area contributed by atoms with E-state index in [1.54, 1.807) is 39.5 Å². The highest BCUT2D eigenvalue weighted by Gasteiger charge is 2.12. The van der Waals surface area contributed by atoms with E-state index in [0.29, 0.717) is 48.5 Å². The lowest BCUT2D eigenvalue weighted by Gasteiger charge is -2.12. The van der Waals surface area contributed by atoms with Crippen molar-refractivity contribution in [2.75, 3.05) is 39.9 Å². The number of anilines is 1. The van der Waals surface area contributed by atoms with Gasteiger partial charge in [-0.05, 0) is 36.4 Å². The largest absolute Gasteiger partial charge is 0.497 e. The summed E-state index contributed by atoms with van der Waals surface area (Å²) in [6.45, 7) is 0.820. The van der Waals surface area contributed by atoms with Crippen molar-refractivity contribution in [2.45, 2.75) is 12.8 Å². The Bertz CT molecular complexity index is 987. The second-order valence-electron chi connectivity index (χ2n) is 6.50. The summed E-state index contributed by atoms with van der Waals surface area (Å²) in [5, 5.41) is 6.81. The van der Waals surface area contributed by atoms with E-state index in [2.05, 4.69) is 15.5 Å². The van der Waals surface area contributed by atoms with Crippen molar-refractivity contribution < 1.29 is 28.3 Å². The molecule has 0 saturated carbocycles. The number of carbonyl (C=O) groups excluding carboxylic acids is 1. The van der Waals surface area contributed by atoms with E-state index in [4.69, 9.17) is 23.5 Å². The molecule has 0 aliphatic heterocycles. The highest BCUT2D eigenvalue weighted by molar-refractivity contribution is 5.91. The molecule has 164 valence electrons. The Morgan fingerprint density at radius 3 is 2.52 bits per heavy atom. The quantitative estimate of drug-likeness (QED) is 0.465. The van der Waals surface area contributed by atoms with Crippen LogP contribution in [0.4, 0.5) is 5.69 Å². The van der Waals surface area contributed by atoms with Gasteiger partial charge in [0.2, 0.25) is 17.6 Å².